The van der Waals surface area contributed by atoms with E-state index in [1.54, 1.807) is 6.20 Å². The molecule has 100 valence electrons. The highest BCUT2D eigenvalue weighted by molar-refractivity contribution is 5.79. The van der Waals surface area contributed by atoms with Gasteiger partial charge in [0.15, 0.2) is 0 Å². The summed E-state index contributed by atoms with van der Waals surface area (Å²) >= 11 is 0. The molecule has 0 amide bonds. The normalized spacial score (nSPS) is 14.6. The summed E-state index contributed by atoms with van der Waals surface area (Å²) in [6.45, 7) is 0.538. The molecule has 4 heteroatoms. The number of para-hydroxylation sites is 1. The lowest BCUT2D eigenvalue weighted by molar-refractivity contribution is 0.294. The van der Waals surface area contributed by atoms with E-state index in [4.69, 9.17) is 4.74 Å². The van der Waals surface area contributed by atoms with Crippen molar-refractivity contribution in [2.75, 3.05) is 0 Å². The Balaban J connectivity index is 1.53. The number of hydrogen-bond donors (Lipinski definition) is 0. The van der Waals surface area contributed by atoms with Crippen LogP contribution in [0.25, 0.3) is 10.9 Å². The number of nitrogens with zero attached hydrogens (tertiary/aromatic N) is 3. The third-order valence-corrected chi connectivity index (χ3v) is 3.64. The van der Waals surface area contributed by atoms with Crippen LogP contribution < -0.4 is 4.74 Å². The van der Waals surface area contributed by atoms with E-state index in [1.807, 2.05) is 42.9 Å². The first-order chi connectivity index (χ1) is 9.90. The smallest absolute Gasteiger partial charge is 0.138 e. The monoisotopic (exact) mass is 265 g/mol. The third kappa shape index (κ3) is 2.13. The molecule has 3 aromatic rings. The molecule has 1 aromatic carbocycles. The second kappa shape index (κ2) is 4.63. The second-order valence-corrected chi connectivity index (χ2v) is 5.18. The van der Waals surface area contributed by atoms with Gasteiger partial charge in [0, 0.05) is 11.4 Å². The van der Waals surface area contributed by atoms with E-state index in [2.05, 4.69) is 14.5 Å². The number of imidazole rings is 1. The zero-order chi connectivity index (χ0) is 13.4. The summed E-state index contributed by atoms with van der Waals surface area (Å²) < 4.78 is 8.07. The molecule has 2 heterocycles. The van der Waals surface area contributed by atoms with Crippen LogP contribution in [0.2, 0.25) is 0 Å². The molecular formula is C16H15N3O. The highest BCUT2D eigenvalue weighted by Crippen LogP contribution is 2.35. The molecule has 4 rings (SSSR count). The van der Waals surface area contributed by atoms with E-state index in [1.165, 1.54) is 12.8 Å². The van der Waals surface area contributed by atoms with Crippen molar-refractivity contribution < 1.29 is 4.74 Å². The fraction of sp³-hybridized carbons (Fsp3) is 0.250. The van der Waals surface area contributed by atoms with Gasteiger partial charge in [0.25, 0.3) is 0 Å². The molecule has 1 aliphatic carbocycles. The lowest BCUT2D eigenvalue weighted by Crippen LogP contribution is -2.03. The summed E-state index contributed by atoms with van der Waals surface area (Å²) in [6, 6.07) is 10.7. The third-order valence-electron chi connectivity index (χ3n) is 3.64. The van der Waals surface area contributed by atoms with Gasteiger partial charge in [-0.3, -0.25) is 4.98 Å². The lowest BCUT2D eigenvalue weighted by Gasteiger charge is -2.09. The standard InChI is InChI=1S/C16H15N3O/c1-2-4-16-12(3-1)7-15(9-18-16)20-10-14-8-17-11-19(14)13-5-6-13/h1-4,7-9,11,13H,5-6,10H2. The summed E-state index contributed by atoms with van der Waals surface area (Å²) in [6.07, 6.45) is 8.06. The summed E-state index contributed by atoms with van der Waals surface area (Å²) in [5, 5.41) is 1.10. The number of ether oxygens (including phenoxy) is 1. The first-order valence-corrected chi connectivity index (χ1v) is 6.88. The minimum atomic E-state index is 0.538. The number of aromatic nitrogens is 3. The summed E-state index contributed by atoms with van der Waals surface area (Å²) in [4.78, 5) is 8.62. The highest BCUT2D eigenvalue weighted by atomic mass is 16.5. The summed E-state index contributed by atoms with van der Waals surface area (Å²) in [5.74, 6) is 0.798. The van der Waals surface area contributed by atoms with Crippen molar-refractivity contribution in [1.29, 1.82) is 0 Å². The number of benzene rings is 1. The predicted octanol–water partition coefficient (Wildman–Crippen LogP) is 3.35. The Kier molecular flexibility index (Phi) is 2.66. The van der Waals surface area contributed by atoms with Gasteiger partial charge in [0.1, 0.15) is 12.4 Å². The molecule has 0 radical (unpaired) electrons. The topological polar surface area (TPSA) is 39.9 Å². The van der Waals surface area contributed by atoms with Crippen LogP contribution in [0.3, 0.4) is 0 Å². The molecule has 20 heavy (non-hydrogen) atoms. The molecule has 1 aliphatic rings. The van der Waals surface area contributed by atoms with Crippen LogP contribution in [0.5, 0.6) is 5.75 Å². The van der Waals surface area contributed by atoms with Crippen molar-refractivity contribution in [2.45, 2.75) is 25.5 Å². The largest absolute Gasteiger partial charge is 0.486 e. The lowest BCUT2D eigenvalue weighted by atomic mass is 10.2. The van der Waals surface area contributed by atoms with E-state index in [0.717, 1.165) is 22.3 Å². The first kappa shape index (κ1) is 11.5. The van der Waals surface area contributed by atoms with Crippen LogP contribution in [0.4, 0.5) is 0 Å². The molecule has 0 saturated heterocycles. The maximum absolute atomic E-state index is 5.85. The number of fused-ring (bicyclic) bond motifs is 1. The Hall–Kier alpha value is -2.36. The maximum Gasteiger partial charge on any atom is 0.138 e. The summed E-state index contributed by atoms with van der Waals surface area (Å²) in [5.41, 5.74) is 2.11. The number of rotatable bonds is 4. The molecule has 0 N–H and O–H groups in total. The first-order valence-electron chi connectivity index (χ1n) is 6.88. The molecule has 4 nitrogen and oxygen atoms in total. The Bertz CT molecular complexity index is 746. The van der Waals surface area contributed by atoms with Crippen LogP contribution in [0, 0.1) is 0 Å². The van der Waals surface area contributed by atoms with E-state index < -0.39 is 0 Å². The van der Waals surface area contributed by atoms with Gasteiger partial charge in [-0.15, -0.1) is 0 Å². The molecular weight excluding hydrogens is 250 g/mol. The van der Waals surface area contributed by atoms with Crippen molar-refractivity contribution in [2.24, 2.45) is 0 Å². The van der Waals surface area contributed by atoms with Gasteiger partial charge in [0.2, 0.25) is 0 Å². The van der Waals surface area contributed by atoms with Crippen molar-refractivity contribution in [3.8, 4) is 5.75 Å². The zero-order valence-corrected chi connectivity index (χ0v) is 11.1. The van der Waals surface area contributed by atoms with E-state index >= 15 is 0 Å². The molecule has 2 aromatic heterocycles. The molecule has 0 spiro atoms. The van der Waals surface area contributed by atoms with Crippen LogP contribution in [0.15, 0.2) is 49.1 Å². The van der Waals surface area contributed by atoms with Gasteiger partial charge in [-0.05, 0) is 25.0 Å². The van der Waals surface area contributed by atoms with Crippen molar-refractivity contribution in [1.82, 2.24) is 14.5 Å². The summed E-state index contributed by atoms with van der Waals surface area (Å²) in [7, 11) is 0. The average Bonchev–Trinajstić information content (AvgIpc) is 3.23. The van der Waals surface area contributed by atoms with E-state index in [0.29, 0.717) is 12.6 Å². The molecule has 0 atom stereocenters. The van der Waals surface area contributed by atoms with Crippen molar-refractivity contribution in [3.63, 3.8) is 0 Å². The maximum atomic E-state index is 5.85. The SMILES string of the molecule is c1ccc2ncc(OCc3cncn3C3CC3)cc2c1. The predicted molar refractivity (Wildman–Crippen MR) is 76.6 cm³/mol. The second-order valence-electron chi connectivity index (χ2n) is 5.18. The molecule has 0 unspecified atom stereocenters. The van der Waals surface area contributed by atoms with E-state index in [-0.39, 0.29) is 0 Å². The Morgan fingerprint density at radius 2 is 2.10 bits per heavy atom. The van der Waals surface area contributed by atoms with Crippen LogP contribution in [-0.2, 0) is 6.61 Å². The van der Waals surface area contributed by atoms with Gasteiger partial charge >= 0.3 is 0 Å². The average molecular weight is 265 g/mol. The van der Waals surface area contributed by atoms with Gasteiger partial charge in [-0.2, -0.15) is 0 Å². The number of hydrogen-bond acceptors (Lipinski definition) is 3. The van der Waals surface area contributed by atoms with Gasteiger partial charge in [0.05, 0.1) is 29.9 Å². The highest BCUT2D eigenvalue weighted by Gasteiger charge is 2.25. The molecule has 1 fully saturated rings. The minimum absolute atomic E-state index is 0.538. The fourth-order valence-corrected chi connectivity index (χ4v) is 2.41. The van der Waals surface area contributed by atoms with Crippen molar-refractivity contribution >= 4 is 10.9 Å². The van der Waals surface area contributed by atoms with Gasteiger partial charge < -0.3 is 9.30 Å². The zero-order valence-electron chi connectivity index (χ0n) is 11.1. The Morgan fingerprint density at radius 1 is 1.20 bits per heavy atom. The quantitative estimate of drug-likeness (QED) is 0.726. The fourth-order valence-electron chi connectivity index (χ4n) is 2.41. The molecule has 0 bridgehead atoms. The molecule has 1 saturated carbocycles. The van der Waals surface area contributed by atoms with Gasteiger partial charge in [-0.25, -0.2) is 4.98 Å². The van der Waals surface area contributed by atoms with Gasteiger partial charge in [-0.1, -0.05) is 18.2 Å². The van der Waals surface area contributed by atoms with Crippen LogP contribution in [-0.4, -0.2) is 14.5 Å². The Morgan fingerprint density at radius 3 is 3.00 bits per heavy atom. The molecule has 0 aliphatic heterocycles. The Labute approximate surface area is 117 Å². The number of pyridine rings is 1. The minimum Gasteiger partial charge on any atom is -0.486 e. The van der Waals surface area contributed by atoms with Crippen molar-refractivity contribution in [3.05, 3.63) is 54.7 Å². The van der Waals surface area contributed by atoms with Crippen LogP contribution in [0.1, 0.15) is 24.6 Å². The van der Waals surface area contributed by atoms with Crippen LogP contribution >= 0.6 is 0 Å². The van der Waals surface area contributed by atoms with E-state index in [9.17, 15) is 0 Å².